The maximum atomic E-state index is 13.5. The summed E-state index contributed by atoms with van der Waals surface area (Å²) in [7, 11) is 0. The molecule has 18 heavy (non-hydrogen) atoms. The minimum Gasteiger partial charge on any atom is -0.254 e. The topological polar surface area (TPSA) is 12.9 Å². The zero-order valence-corrected chi connectivity index (χ0v) is 8.72. The number of alkyl halides is 3. The average Bonchev–Trinajstić information content (AvgIpc) is 2.28. The Hall–Kier alpha value is -1.98. The molecular formula is C12H5F5N. The minimum absolute atomic E-state index is 0.617. The van der Waals surface area contributed by atoms with E-state index in [1.807, 2.05) is 0 Å². The van der Waals surface area contributed by atoms with Crippen LogP contribution in [0.3, 0.4) is 0 Å². The molecule has 0 saturated heterocycles. The lowest BCUT2D eigenvalue weighted by molar-refractivity contribution is -0.137. The first kappa shape index (κ1) is 12.5. The monoisotopic (exact) mass is 258 g/mol. The Bertz CT molecular complexity index is 557. The van der Waals surface area contributed by atoms with Crippen LogP contribution in [-0.2, 0) is 6.18 Å². The Morgan fingerprint density at radius 2 is 1.61 bits per heavy atom. The second kappa shape index (κ2) is 4.36. The third-order valence-electron chi connectivity index (χ3n) is 2.28. The van der Waals surface area contributed by atoms with Gasteiger partial charge in [-0.2, -0.15) is 13.2 Å². The number of nitrogens with zero attached hydrogens (tertiary/aromatic N) is 1. The zero-order chi connectivity index (χ0) is 13.3. The van der Waals surface area contributed by atoms with Gasteiger partial charge in [0.05, 0.1) is 11.1 Å². The van der Waals surface area contributed by atoms with Crippen LogP contribution in [0.15, 0.2) is 30.5 Å². The molecule has 0 bridgehead atoms. The normalized spacial score (nSPS) is 11.6. The van der Waals surface area contributed by atoms with E-state index >= 15 is 0 Å². The summed E-state index contributed by atoms with van der Waals surface area (Å²) >= 11 is 0. The number of hydrogen-bond acceptors (Lipinski definition) is 1. The van der Waals surface area contributed by atoms with Gasteiger partial charge in [-0.25, -0.2) is 8.78 Å². The third kappa shape index (κ3) is 2.18. The van der Waals surface area contributed by atoms with Gasteiger partial charge in [0.25, 0.3) is 0 Å². The van der Waals surface area contributed by atoms with Crippen LogP contribution in [-0.4, -0.2) is 4.98 Å². The van der Waals surface area contributed by atoms with E-state index in [-0.39, 0.29) is 0 Å². The summed E-state index contributed by atoms with van der Waals surface area (Å²) in [5.74, 6) is -2.14. The smallest absolute Gasteiger partial charge is 0.254 e. The average molecular weight is 258 g/mol. The van der Waals surface area contributed by atoms with Crippen LogP contribution in [0.4, 0.5) is 22.0 Å². The number of hydrogen-bond donors (Lipinski definition) is 0. The van der Waals surface area contributed by atoms with Crippen LogP contribution in [0.2, 0.25) is 0 Å². The lowest BCUT2D eigenvalue weighted by Crippen LogP contribution is -2.09. The summed E-state index contributed by atoms with van der Waals surface area (Å²) in [6.45, 7) is 0. The summed E-state index contributed by atoms with van der Waals surface area (Å²) < 4.78 is 65.0. The number of aromatic nitrogens is 1. The highest BCUT2D eigenvalue weighted by molar-refractivity contribution is 5.68. The zero-order valence-electron chi connectivity index (χ0n) is 8.72. The van der Waals surface area contributed by atoms with Crippen LogP contribution >= 0.6 is 0 Å². The Morgan fingerprint density at radius 1 is 1.00 bits per heavy atom. The highest BCUT2D eigenvalue weighted by atomic mass is 19.4. The van der Waals surface area contributed by atoms with Crippen molar-refractivity contribution in [3.8, 4) is 11.1 Å². The summed E-state index contributed by atoms with van der Waals surface area (Å²) in [5.41, 5.74) is -2.65. The van der Waals surface area contributed by atoms with E-state index in [0.717, 1.165) is 30.5 Å². The van der Waals surface area contributed by atoms with Crippen LogP contribution in [0, 0.1) is 17.8 Å². The molecule has 0 saturated carbocycles. The van der Waals surface area contributed by atoms with Crippen LogP contribution < -0.4 is 0 Å². The van der Waals surface area contributed by atoms with Gasteiger partial charge < -0.3 is 0 Å². The molecule has 1 radical (unpaired) electrons. The molecule has 0 aliphatic carbocycles. The van der Waals surface area contributed by atoms with E-state index in [9.17, 15) is 22.0 Å². The number of benzene rings is 1. The maximum Gasteiger partial charge on any atom is 0.419 e. The molecule has 0 N–H and O–H groups in total. The van der Waals surface area contributed by atoms with Crippen molar-refractivity contribution in [3.05, 3.63) is 53.9 Å². The van der Waals surface area contributed by atoms with Gasteiger partial charge in [0.1, 0.15) is 17.8 Å². The fourth-order valence-corrected chi connectivity index (χ4v) is 1.54. The molecule has 0 spiro atoms. The van der Waals surface area contributed by atoms with E-state index in [2.05, 4.69) is 4.98 Å². The molecule has 2 rings (SSSR count). The van der Waals surface area contributed by atoms with Gasteiger partial charge in [-0.1, -0.05) is 6.07 Å². The van der Waals surface area contributed by atoms with Gasteiger partial charge in [-0.3, -0.25) is 4.98 Å². The first-order valence-corrected chi connectivity index (χ1v) is 4.79. The van der Waals surface area contributed by atoms with Crippen molar-refractivity contribution in [1.29, 1.82) is 0 Å². The van der Waals surface area contributed by atoms with Crippen molar-refractivity contribution in [1.82, 2.24) is 4.98 Å². The molecule has 1 nitrogen and oxygen atoms in total. The summed E-state index contributed by atoms with van der Waals surface area (Å²) in [6.07, 6.45) is -2.06. The first-order chi connectivity index (χ1) is 8.41. The van der Waals surface area contributed by atoms with E-state index in [1.165, 1.54) is 0 Å². The Labute approximate surface area is 98.9 Å². The molecule has 0 aliphatic rings. The standard InChI is InChI=1S/C12H5F5N/c13-9-2-1-3-10(14)11(9)7-4-5-18-6-8(7)12(15,16)17/h1-5H. The summed E-state index contributed by atoms with van der Waals surface area (Å²) in [4.78, 5) is 3.21. The lowest BCUT2D eigenvalue weighted by Gasteiger charge is -2.12. The minimum atomic E-state index is -4.78. The summed E-state index contributed by atoms with van der Waals surface area (Å²) in [6, 6.07) is 3.76. The molecule has 0 fully saturated rings. The van der Waals surface area contributed by atoms with Gasteiger partial charge in [0.15, 0.2) is 0 Å². The molecule has 1 aromatic heterocycles. The van der Waals surface area contributed by atoms with Crippen molar-refractivity contribution >= 4 is 0 Å². The highest BCUT2D eigenvalue weighted by Crippen LogP contribution is 2.37. The quantitative estimate of drug-likeness (QED) is 0.708. The van der Waals surface area contributed by atoms with Gasteiger partial charge in [-0.05, 0) is 18.2 Å². The second-order valence-electron chi connectivity index (χ2n) is 3.44. The largest absolute Gasteiger partial charge is 0.419 e. The first-order valence-electron chi connectivity index (χ1n) is 4.79. The number of halogens is 5. The van der Waals surface area contributed by atoms with Gasteiger partial charge in [0.2, 0.25) is 0 Å². The lowest BCUT2D eigenvalue weighted by atomic mass is 10.0. The molecule has 93 valence electrons. The Kier molecular flexibility index (Phi) is 3.02. The van der Waals surface area contributed by atoms with Gasteiger partial charge in [-0.15, -0.1) is 0 Å². The van der Waals surface area contributed by atoms with E-state index in [4.69, 9.17) is 0 Å². The maximum absolute atomic E-state index is 13.5. The van der Waals surface area contributed by atoms with Crippen LogP contribution in [0.25, 0.3) is 11.1 Å². The van der Waals surface area contributed by atoms with Crippen molar-refractivity contribution in [2.24, 2.45) is 0 Å². The molecule has 6 heteroatoms. The summed E-state index contributed by atoms with van der Waals surface area (Å²) in [5, 5.41) is 0. The van der Waals surface area contributed by atoms with Gasteiger partial charge in [0, 0.05) is 11.8 Å². The fourth-order valence-electron chi connectivity index (χ4n) is 1.54. The molecule has 1 heterocycles. The van der Waals surface area contributed by atoms with Crippen LogP contribution in [0.5, 0.6) is 0 Å². The molecule has 1 aromatic carbocycles. The Balaban J connectivity index is 2.73. The van der Waals surface area contributed by atoms with Crippen LogP contribution in [0.1, 0.15) is 5.56 Å². The molecule has 0 aliphatic heterocycles. The second-order valence-corrected chi connectivity index (χ2v) is 3.44. The third-order valence-corrected chi connectivity index (χ3v) is 2.28. The predicted molar refractivity (Wildman–Crippen MR) is 53.4 cm³/mol. The Morgan fingerprint density at radius 3 is 2.17 bits per heavy atom. The SMILES string of the molecule is Fc1cccc(F)c1-c1ccn[c]c1C(F)(F)F. The molecule has 2 aromatic rings. The van der Waals surface area contributed by atoms with Crippen molar-refractivity contribution in [3.63, 3.8) is 0 Å². The molecular weight excluding hydrogens is 253 g/mol. The highest BCUT2D eigenvalue weighted by Gasteiger charge is 2.35. The van der Waals surface area contributed by atoms with E-state index in [1.54, 1.807) is 6.20 Å². The number of rotatable bonds is 1. The molecule has 0 amide bonds. The van der Waals surface area contributed by atoms with Crippen molar-refractivity contribution < 1.29 is 22.0 Å². The van der Waals surface area contributed by atoms with Crippen molar-refractivity contribution in [2.75, 3.05) is 0 Å². The van der Waals surface area contributed by atoms with Gasteiger partial charge >= 0.3 is 6.18 Å². The van der Waals surface area contributed by atoms with E-state index < -0.39 is 34.5 Å². The number of pyridine rings is 1. The van der Waals surface area contributed by atoms with Crippen molar-refractivity contribution in [2.45, 2.75) is 6.18 Å². The predicted octanol–water partition coefficient (Wildman–Crippen LogP) is 3.85. The van der Waals surface area contributed by atoms with E-state index in [0.29, 0.717) is 0 Å². The molecule has 0 atom stereocenters. The molecule has 0 unspecified atom stereocenters. The fraction of sp³-hybridized carbons (Fsp3) is 0.0833.